The van der Waals surface area contributed by atoms with Crippen molar-refractivity contribution in [2.75, 3.05) is 0 Å². The predicted molar refractivity (Wildman–Crippen MR) is 91.3 cm³/mol. The SMILES string of the molecule is CC(N)(CC(N)c1ccc(F)cc1Br)c1ccc(F)cc1Br. The van der Waals surface area contributed by atoms with Crippen LogP contribution in [0.25, 0.3) is 0 Å². The highest BCUT2D eigenvalue weighted by atomic mass is 79.9. The summed E-state index contributed by atoms with van der Waals surface area (Å²) in [5.41, 5.74) is 13.4. The van der Waals surface area contributed by atoms with Crippen LogP contribution in [0.1, 0.15) is 30.5 Å². The van der Waals surface area contributed by atoms with Crippen molar-refractivity contribution < 1.29 is 8.78 Å². The number of hydrogen-bond acceptors (Lipinski definition) is 2. The van der Waals surface area contributed by atoms with Crippen LogP contribution in [0, 0.1) is 11.6 Å². The molecule has 0 spiro atoms. The van der Waals surface area contributed by atoms with Crippen LogP contribution in [0.15, 0.2) is 45.3 Å². The zero-order valence-electron chi connectivity index (χ0n) is 11.9. The molecule has 0 aliphatic rings. The summed E-state index contributed by atoms with van der Waals surface area (Å²) < 4.78 is 27.6. The minimum atomic E-state index is -0.764. The van der Waals surface area contributed by atoms with Gasteiger partial charge in [0.05, 0.1) is 0 Å². The minimum absolute atomic E-state index is 0.334. The van der Waals surface area contributed by atoms with E-state index in [1.807, 2.05) is 6.92 Å². The largest absolute Gasteiger partial charge is 0.324 e. The van der Waals surface area contributed by atoms with Crippen LogP contribution in [0.5, 0.6) is 0 Å². The molecule has 22 heavy (non-hydrogen) atoms. The molecule has 2 unspecified atom stereocenters. The number of benzene rings is 2. The smallest absolute Gasteiger partial charge is 0.124 e. The van der Waals surface area contributed by atoms with Gasteiger partial charge in [-0.25, -0.2) is 8.78 Å². The van der Waals surface area contributed by atoms with E-state index in [0.29, 0.717) is 15.4 Å². The van der Waals surface area contributed by atoms with Crippen molar-refractivity contribution in [2.24, 2.45) is 11.5 Å². The normalized spacial score (nSPS) is 15.4. The second-order valence-corrected chi connectivity index (χ2v) is 7.23. The summed E-state index contributed by atoms with van der Waals surface area (Å²) in [5, 5.41) is 0. The molecule has 2 atom stereocenters. The lowest BCUT2D eigenvalue weighted by Crippen LogP contribution is -2.37. The van der Waals surface area contributed by atoms with Crippen LogP contribution in [0.3, 0.4) is 0 Å². The van der Waals surface area contributed by atoms with E-state index >= 15 is 0 Å². The van der Waals surface area contributed by atoms with Gasteiger partial charge >= 0.3 is 0 Å². The van der Waals surface area contributed by atoms with Gasteiger partial charge in [0, 0.05) is 20.5 Å². The van der Waals surface area contributed by atoms with Gasteiger partial charge in [0.15, 0.2) is 0 Å². The van der Waals surface area contributed by atoms with E-state index in [4.69, 9.17) is 11.5 Å². The third-order valence-corrected chi connectivity index (χ3v) is 4.90. The fourth-order valence-corrected chi connectivity index (χ4v) is 3.88. The Bertz CT molecular complexity index is 690. The first-order chi connectivity index (χ1) is 10.2. The van der Waals surface area contributed by atoms with Crippen LogP contribution < -0.4 is 11.5 Å². The van der Waals surface area contributed by atoms with Crippen molar-refractivity contribution >= 4 is 31.9 Å². The number of nitrogens with two attached hydrogens (primary N) is 2. The summed E-state index contributed by atoms with van der Waals surface area (Å²) in [5.74, 6) is -0.670. The Morgan fingerprint density at radius 1 is 1.05 bits per heavy atom. The quantitative estimate of drug-likeness (QED) is 0.730. The first kappa shape index (κ1) is 17.5. The van der Waals surface area contributed by atoms with Gasteiger partial charge in [-0.05, 0) is 48.7 Å². The van der Waals surface area contributed by atoms with E-state index in [-0.39, 0.29) is 17.7 Å². The third kappa shape index (κ3) is 3.93. The maximum Gasteiger partial charge on any atom is 0.124 e. The number of rotatable bonds is 4. The average Bonchev–Trinajstić information content (AvgIpc) is 2.37. The Labute approximate surface area is 145 Å². The molecule has 0 aliphatic carbocycles. The molecule has 118 valence electrons. The van der Waals surface area contributed by atoms with Crippen molar-refractivity contribution in [2.45, 2.75) is 24.9 Å². The van der Waals surface area contributed by atoms with Gasteiger partial charge in [-0.1, -0.05) is 44.0 Å². The van der Waals surface area contributed by atoms with Gasteiger partial charge in [0.25, 0.3) is 0 Å². The Morgan fingerprint density at radius 2 is 1.59 bits per heavy atom. The fourth-order valence-electron chi connectivity index (χ4n) is 2.43. The summed E-state index contributed by atoms with van der Waals surface area (Å²) in [6.45, 7) is 1.84. The Kier molecular flexibility index (Phi) is 5.37. The first-order valence-corrected chi connectivity index (χ1v) is 8.24. The Balaban J connectivity index is 2.27. The molecule has 0 saturated heterocycles. The fraction of sp³-hybridized carbons (Fsp3) is 0.250. The van der Waals surface area contributed by atoms with E-state index < -0.39 is 5.54 Å². The summed E-state index contributed by atoms with van der Waals surface area (Å²) >= 11 is 6.65. The lowest BCUT2D eigenvalue weighted by atomic mass is 9.85. The molecule has 0 saturated carbocycles. The first-order valence-electron chi connectivity index (χ1n) is 6.65. The predicted octanol–water partition coefficient (Wildman–Crippen LogP) is 4.75. The second kappa shape index (κ2) is 6.74. The highest BCUT2D eigenvalue weighted by Crippen LogP contribution is 2.35. The average molecular weight is 434 g/mol. The van der Waals surface area contributed by atoms with Gasteiger partial charge in [0.2, 0.25) is 0 Å². The van der Waals surface area contributed by atoms with Crippen LogP contribution >= 0.6 is 31.9 Å². The van der Waals surface area contributed by atoms with E-state index in [9.17, 15) is 8.78 Å². The highest BCUT2D eigenvalue weighted by Gasteiger charge is 2.28. The van der Waals surface area contributed by atoms with Gasteiger partial charge in [-0.3, -0.25) is 0 Å². The van der Waals surface area contributed by atoms with Crippen molar-refractivity contribution in [3.05, 3.63) is 68.1 Å². The van der Waals surface area contributed by atoms with E-state index in [1.165, 1.54) is 24.3 Å². The van der Waals surface area contributed by atoms with Gasteiger partial charge in [0.1, 0.15) is 11.6 Å². The zero-order chi connectivity index (χ0) is 16.5. The Morgan fingerprint density at radius 3 is 2.14 bits per heavy atom. The van der Waals surface area contributed by atoms with Crippen LogP contribution in [-0.4, -0.2) is 0 Å². The molecule has 0 aromatic heterocycles. The molecule has 0 fully saturated rings. The molecule has 0 aliphatic heterocycles. The van der Waals surface area contributed by atoms with Gasteiger partial charge in [-0.15, -0.1) is 0 Å². The standard InChI is InChI=1S/C16H16Br2F2N2/c1-16(22,12-5-3-10(20)7-14(12)18)8-15(21)11-4-2-9(19)6-13(11)17/h2-7,15H,8,21-22H2,1H3. The van der Waals surface area contributed by atoms with E-state index in [0.717, 1.165) is 11.1 Å². The van der Waals surface area contributed by atoms with Gasteiger partial charge in [-0.2, -0.15) is 0 Å². The topological polar surface area (TPSA) is 52.0 Å². The number of halogens is 4. The third-order valence-electron chi connectivity index (χ3n) is 3.55. The monoisotopic (exact) mass is 432 g/mol. The summed E-state index contributed by atoms with van der Waals surface area (Å²) in [6, 6.07) is 8.37. The van der Waals surface area contributed by atoms with Crippen LogP contribution in [0.4, 0.5) is 8.78 Å². The molecule has 2 aromatic carbocycles. The molecule has 0 bridgehead atoms. The molecule has 6 heteroatoms. The summed E-state index contributed by atoms with van der Waals surface area (Å²) in [6.07, 6.45) is 0.418. The van der Waals surface area contributed by atoms with Crippen molar-refractivity contribution in [3.8, 4) is 0 Å². The van der Waals surface area contributed by atoms with Crippen molar-refractivity contribution in [3.63, 3.8) is 0 Å². The molecule has 0 amide bonds. The molecular formula is C16H16Br2F2N2. The lowest BCUT2D eigenvalue weighted by Gasteiger charge is -2.30. The molecule has 2 rings (SSSR count). The summed E-state index contributed by atoms with van der Waals surface area (Å²) in [4.78, 5) is 0. The highest BCUT2D eigenvalue weighted by molar-refractivity contribution is 9.10. The minimum Gasteiger partial charge on any atom is -0.324 e. The lowest BCUT2D eigenvalue weighted by molar-refractivity contribution is 0.405. The molecule has 0 radical (unpaired) electrons. The molecule has 0 heterocycles. The molecule has 2 aromatic rings. The van der Waals surface area contributed by atoms with Crippen molar-refractivity contribution in [1.82, 2.24) is 0 Å². The van der Waals surface area contributed by atoms with Crippen LogP contribution in [0.2, 0.25) is 0 Å². The molecular weight excluding hydrogens is 418 g/mol. The van der Waals surface area contributed by atoms with E-state index in [1.54, 1.807) is 12.1 Å². The Hall–Kier alpha value is -0.820. The van der Waals surface area contributed by atoms with Gasteiger partial charge < -0.3 is 11.5 Å². The van der Waals surface area contributed by atoms with E-state index in [2.05, 4.69) is 31.9 Å². The molecule has 4 N–H and O–H groups in total. The maximum atomic E-state index is 13.2. The zero-order valence-corrected chi connectivity index (χ0v) is 15.1. The summed E-state index contributed by atoms with van der Waals surface area (Å²) in [7, 11) is 0. The maximum absolute atomic E-state index is 13.2. The molecule has 2 nitrogen and oxygen atoms in total. The second-order valence-electron chi connectivity index (χ2n) is 5.52. The van der Waals surface area contributed by atoms with Crippen LogP contribution in [-0.2, 0) is 5.54 Å². The van der Waals surface area contributed by atoms with Crippen molar-refractivity contribution in [1.29, 1.82) is 0 Å². The number of hydrogen-bond donors (Lipinski definition) is 2.